The summed E-state index contributed by atoms with van der Waals surface area (Å²) in [7, 11) is -9.93. The molecule has 0 saturated heterocycles. The van der Waals surface area contributed by atoms with E-state index in [1.165, 1.54) is 270 Å². The summed E-state index contributed by atoms with van der Waals surface area (Å²) >= 11 is 0. The lowest BCUT2D eigenvalue weighted by atomic mass is 9.99. The fourth-order valence-electron chi connectivity index (χ4n) is 14.0. The van der Waals surface area contributed by atoms with Crippen LogP contribution in [0.2, 0.25) is 0 Å². The normalized spacial score (nSPS) is 14.4. The van der Waals surface area contributed by atoms with Crippen LogP contribution in [0.15, 0.2) is 0 Å². The van der Waals surface area contributed by atoms with Gasteiger partial charge >= 0.3 is 39.5 Å². The Hall–Kier alpha value is -1.94. The van der Waals surface area contributed by atoms with E-state index in [4.69, 9.17) is 37.0 Å². The van der Waals surface area contributed by atoms with Crippen molar-refractivity contribution in [2.45, 2.75) is 491 Å². The molecule has 0 spiro atoms. The molecule has 0 aliphatic heterocycles. The maximum absolute atomic E-state index is 13.2. The number of phosphoric acid groups is 2. The van der Waals surface area contributed by atoms with Crippen molar-refractivity contribution in [3.05, 3.63) is 0 Å². The highest BCUT2D eigenvalue weighted by molar-refractivity contribution is 7.47. The first-order valence-corrected chi connectivity index (χ1v) is 49.3. The minimum atomic E-state index is -4.97. The molecule has 19 heteroatoms. The Labute approximate surface area is 670 Å². The number of carbonyl (C=O) groups excluding carboxylic acids is 4. The fourth-order valence-corrected chi connectivity index (χ4v) is 15.5. The molecule has 0 saturated carbocycles. The molecule has 0 aliphatic carbocycles. The van der Waals surface area contributed by atoms with E-state index in [2.05, 4.69) is 55.4 Å². The number of hydrogen-bond donors (Lipinski definition) is 3. The first-order chi connectivity index (χ1) is 52.7. The molecular formula is C90H176O17P2. The van der Waals surface area contributed by atoms with Gasteiger partial charge in [0, 0.05) is 25.7 Å². The first-order valence-electron chi connectivity index (χ1n) is 46.3. The molecule has 0 bridgehead atoms. The number of carbonyl (C=O) groups is 4. The van der Waals surface area contributed by atoms with Crippen LogP contribution < -0.4 is 0 Å². The molecule has 0 fully saturated rings. The lowest BCUT2D eigenvalue weighted by Crippen LogP contribution is -2.30. The van der Waals surface area contributed by atoms with E-state index in [-0.39, 0.29) is 25.7 Å². The zero-order valence-corrected chi connectivity index (χ0v) is 74.0. The standard InChI is InChI=1S/C90H176O17P2/c1-9-82(7)68-60-52-44-38-32-26-20-16-12-14-18-22-28-34-40-46-56-64-72-89(94)106-85(76-100-87(92)70-62-54-45-39-33-27-21-17-13-11-15-19-24-30-36-42-50-58-66-80(3)4)78-104-108(96,97)102-74-84(91)75-103-109(98,99)105-79-86(77-101-88(93)71-63-55-49-48-53-61-69-83(8)10-2)107-90(95)73-65-57-47-41-35-29-23-25-31-37-43-51-59-67-81(5)6/h80-86,91H,9-79H2,1-8H3,(H,96,97)(H,98,99)/t82?,83?,84-,85-,86-/m1/s1. The average molecular weight is 1590 g/mol. The van der Waals surface area contributed by atoms with Crippen molar-refractivity contribution in [3.8, 4) is 0 Å². The summed E-state index contributed by atoms with van der Waals surface area (Å²) in [5.74, 6) is 1.11. The van der Waals surface area contributed by atoms with E-state index < -0.39 is 97.5 Å². The lowest BCUT2D eigenvalue weighted by Gasteiger charge is -2.21. The minimum Gasteiger partial charge on any atom is -0.462 e. The first kappa shape index (κ1) is 107. The molecular weight excluding hydrogens is 1410 g/mol. The van der Waals surface area contributed by atoms with Crippen LogP contribution >= 0.6 is 15.6 Å². The van der Waals surface area contributed by atoms with Crippen LogP contribution in [0.5, 0.6) is 0 Å². The van der Waals surface area contributed by atoms with Crippen molar-refractivity contribution in [2.24, 2.45) is 23.7 Å². The largest absolute Gasteiger partial charge is 0.472 e. The number of esters is 4. The number of rotatable bonds is 87. The Kier molecular flexibility index (Phi) is 77.2. The summed E-state index contributed by atoms with van der Waals surface area (Å²) in [6, 6.07) is 0. The number of ether oxygens (including phenoxy) is 4. The van der Waals surface area contributed by atoms with Gasteiger partial charge in [0.15, 0.2) is 12.2 Å². The van der Waals surface area contributed by atoms with E-state index >= 15 is 0 Å². The molecule has 109 heavy (non-hydrogen) atoms. The van der Waals surface area contributed by atoms with E-state index in [1.54, 1.807) is 0 Å². The summed E-state index contributed by atoms with van der Waals surface area (Å²) in [5, 5.41) is 10.7. The monoisotopic (exact) mass is 1590 g/mol. The molecule has 17 nitrogen and oxygen atoms in total. The topological polar surface area (TPSA) is 237 Å². The average Bonchev–Trinajstić information content (AvgIpc) is 0.895. The Morgan fingerprint density at radius 1 is 0.257 bits per heavy atom. The number of phosphoric ester groups is 2. The van der Waals surface area contributed by atoms with Crippen molar-refractivity contribution in [1.29, 1.82) is 0 Å². The molecule has 0 rings (SSSR count). The summed E-state index contributed by atoms with van der Waals surface area (Å²) in [6.45, 7) is 14.4. The Balaban J connectivity index is 5.22. The van der Waals surface area contributed by atoms with E-state index in [1.807, 2.05) is 0 Å². The lowest BCUT2D eigenvalue weighted by molar-refractivity contribution is -0.161. The summed E-state index contributed by atoms with van der Waals surface area (Å²) in [4.78, 5) is 73.3. The van der Waals surface area contributed by atoms with Gasteiger partial charge in [-0.3, -0.25) is 37.3 Å². The molecule has 648 valence electrons. The molecule has 0 aliphatic rings. The van der Waals surface area contributed by atoms with Crippen LogP contribution in [0.3, 0.4) is 0 Å². The van der Waals surface area contributed by atoms with Gasteiger partial charge in [-0.1, -0.05) is 421 Å². The van der Waals surface area contributed by atoms with Crippen molar-refractivity contribution >= 4 is 39.5 Å². The Morgan fingerprint density at radius 2 is 0.440 bits per heavy atom. The molecule has 0 aromatic heterocycles. The van der Waals surface area contributed by atoms with Gasteiger partial charge in [0.05, 0.1) is 26.4 Å². The maximum Gasteiger partial charge on any atom is 0.472 e. The summed E-state index contributed by atoms with van der Waals surface area (Å²) < 4.78 is 69.0. The summed E-state index contributed by atoms with van der Waals surface area (Å²) in [5.41, 5.74) is 0. The minimum absolute atomic E-state index is 0.106. The molecule has 0 amide bonds. The number of unbranched alkanes of at least 4 members (excludes halogenated alkanes) is 51. The zero-order valence-electron chi connectivity index (χ0n) is 72.2. The van der Waals surface area contributed by atoms with Gasteiger partial charge < -0.3 is 33.8 Å². The molecule has 4 unspecified atom stereocenters. The van der Waals surface area contributed by atoms with Crippen LogP contribution in [0.4, 0.5) is 0 Å². The molecule has 3 N–H and O–H groups in total. The predicted octanol–water partition coefficient (Wildman–Crippen LogP) is 27.5. The highest BCUT2D eigenvalue weighted by Crippen LogP contribution is 2.45. The van der Waals surface area contributed by atoms with Gasteiger partial charge in [-0.2, -0.15) is 0 Å². The highest BCUT2D eigenvalue weighted by Gasteiger charge is 2.31. The van der Waals surface area contributed by atoms with Gasteiger partial charge in [-0.25, -0.2) is 9.13 Å². The second-order valence-corrected chi connectivity index (χ2v) is 36.7. The van der Waals surface area contributed by atoms with Crippen LogP contribution in [0.1, 0.15) is 473 Å². The fraction of sp³-hybridized carbons (Fsp3) is 0.956. The van der Waals surface area contributed by atoms with Gasteiger partial charge in [0.2, 0.25) is 0 Å². The van der Waals surface area contributed by atoms with Crippen molar-refractivity contribution in [1.82, 2.24) is 0 Å². The molecule has 7 atom stereocenters. The SMILES string of the molecule is CCC(C)CCCCCCCCCCCCCCCCCCCCC(=O)O[C@H](COC(=O)CCCCCCCCCCCCCCCCCCCCC(C)C)COP(=O)(O)OC[C@@H](O)COP(=O)(O)OC[C@@H](COC(=O)CCCCCCCCC(C)CC)OC(=O)CCCCCCCCCCCCCCCC(C)C. The van der Waals surface area contributed by atoms with Crippen molar-refractivity contribution in [2.75, 3.05) is 39.6 Å². The predicted molar refractivity (Wildman–Crippen MR) is 451 cm³/mol. The van der Waals surface area contributed by atoms with E-state index in [0.717, 1.165) is 120 Å². The highest BCUT2D eigenvalue weighted by atomic mass is 31.2. The third-order valence-electron chi connectivity index (χ3n) is 21.8. The van der Waals surface area contributed by atoms with Crippen LogP contribution in [0, 0.1) is 23.7 Å². The van der Waals surface area contributed by atoms with Gasteiger partial charge in [0.25, 0.3) is 0 Å². The zero-order chi connectivity index (χ0) is 80.2. The van der Waals surface area contributed by atoms with Gasteiger partial charge in [-0.05, 0) is 49.4 Å². The molecule has 0 heterocycles. The number of aliphatic hydroxyl groups excluding tert-OH is 1. The number of aliphatic hydroxyl groups is 1. The molecule has 0 radical (unpaired) electrons. The quantitative estimate of drug-likeness (QED) is 0.0222. The van der Waals surface area contributed by atoms with Crippen molar-refractivity contribution in [3.63, 3.8) is 0 Å². The van der Waals surface area contributed by atoms with Crippen LogP contribution in [-0.4, -0.2) is 96.7 Å². The van der Waals surface area contributed by atoms with E-state index in [0.29, 0.717) is 25.7 Å². The second kappa shape index (κ2) is 78.6. The molecule has 0 aromatic rings. The Bertz CT molecular complexity index is 2110. The molecule has 0 aromatic carbocycles. The smallest absolute Gasteiger partial charge is 0.462 e. The van der Waals surface area contributed by atoms with E-state index in [9.17, 15) is 43.2 Å². The maximum atomic E-state index is 13.2. The van der Waals surface area contributed by atoms with Crippen LogP contribution in [0.25, 0.3) is 0 Å². The third-order valence-corrected chi connectivity index (χ3v) is 23.7. The summed E-state index contributed by atoms with van der Waals surface area (Å²) in [6.07, 6.45) is 69.5. The number of hydrogen-bond acceptors (Lipinski definition) is 15. The van der Waals surface area contributed by atoms with Gasteiger partial charge in [-0.15, -0.1) is 0 Å². The van der Waals surface area contributed by atoms with Crippen LogP contribution in [-0.2, 0) is 65.4 Å². The second-order valence-electron chi connectivity index (χ2n) is 33.8. The Morgan fingerprint density at radius 3 is 0.651 bits per heavy atom. The van der Waals surface area contributed by atoms with Crippen molar-refractivity contribution < 1.29 is 80.2 Å². The van der Waals surface area contributed by atoms with Gasteiger partial charge in [0.1, 0.15) is 19.3 Å². The third kappa shape index (κ3) is 81.0.